The molecule has 0 aromatic heterocycles. The van der Waals surface area contributed by atoms with Crippen LogP contribution in [0.1, 0.15) is 38.1 Å². The van der Waals surface area contributed by atoms with Gasteiger partial charge in [-0.3, -0.25) is 4.79 Å². The lowest BCUT2D eigenvalue weighted by Gasteiger charge is -2.25. The molecule has 0 heterocycles. The first kappa shape index (κ1) is 15.5. The van der Waals surface area contributed by atoms with Gasteiger partial charge in [0, 0.05) is 12.1 Å². The highest BCUT2D eigenvalue weighted by molar-refractivity contribution is 5.94. The number of rotatable bonds is 6. The van der Waals surface area contributed by atoms with E-state index in [1.54, 1.807) is 19.2 Å². The van der Waals surface area contributed by atoms with Gasteiger partial charge in [0.05, 0.1) is 7.11 Å². The first-order chi connectivity index (χ1) is 8.95. The van der Waals surface area contributed by atoms with E-state index in [1.807, 2.05) is 12.1 Å². The van der Waals surface area contributed by atoms with Gasteiger partial charge in [0.15, 0.2) is 0 Å². The predicted molar refractivity (Wildman–Crippen MR) is 78.5 cm³/mol. The third kappa shape index (κ3) is 4.58. The summed E-state index contributed by atoms with van der Waals surface area (Å²) in [6.45, 7) is 9.50. The second-order valence-electron chi connectivity index (χ2n) is 5.59. The highest BCUT2D eigenvalue weighted by atomic mass is 16.5. The van der Waals surface area contributed by atoms with Crippen LogP contribution in [-0.2, 0) is 0 Å². The molecule has 0 radical (unpaired) electrons. The molecule has 0 bridgehead atoms. The zero-order valence-corrected chi connectivity index (χ0v) is 12.6. The van der Waals surface area contributed by atoms with Crippen molar-refractivity contribution in [3.05, 3.63) is 29.8 Å². The molecular formula is C16H25NO2. The quantitative estimate of drug-likeness (QED) is 0.854. The third-order valence-electron chi connectivity index (χ3n) is 3.54. The molecule has 0 saturated carbocycles. The van der Waals surface area contributed by atoms with Crippen molar-refractivity contribution in [3.8, 4) is 5.75 Å². The Kier molecular flexibility index (Phi) is 5.87. The van der Waals surface area contributed by atoms with Crippen LogP contribution in [-0.4, -0.2) is 19.6 Å². The molecule has 0 aliphatic heterocycles. The smallest absolute Gasteiger partial charge is 0.251 e. The van der Waals surface area contributed by atoms with Crippen LogP contribution in [0, 0.1) is 17.8 Å². The van der Waals surface area contributed by atoms with E-state index in [0.29, 0.717) is 35.6 Å². The van der Waals surface area contributed by atoms with E-state index in [0.717, 1.165) is 0 Å². The van der Waals surface area contributed by atoms with Gasteiger partial charge in [-0.15, -0.1) is 0 Å². The van der Waals surface area contributed by atoms with E-state index in [9.17, 15) is 4.79 Å². The number of carbonyl (C=O) groups is 1. The third-order valence-corrected chi connectivity index (χ3v) is 3.54. The van der Waals surface area contributed by atoms with E-state index in [2.05, 4.69) is 33.0 Å². The van der Waals surface area contributed by atoms with E-state index >= 15 is 0 Å². The van der Waals surface area contributed by atoms with Crippen LogP contribution in [0.4, 0.5) is 0 Å². The molecule has 1 aromatic carbocycles. The van der Waals surface area contributed by atoms with Crippen molar-refractivity contribution in [2.45, 2.75) is 27.7 Å². The van der Waals surface area contributed by atoms with Crippen LogP contribution in [0.25, 0.3) is 0 Å². The summed E-state index contributed by atoms with van der Waals surface area (Å²) < 4.78 is 5.13. The Bertz CT molecular complexity index is 405. The van der Waals surface area contributed by atoms with Crippen LogP contribution >= 0.6 is 0 Å². The van der Waals surface area contributed by atoms with Crippen molar-refractivity contribution in [1.29, 1.82) is 0 Å². The summed E-state index contributed by atoms with van der Waals surface area (Å²) in [4.78, 5) is 12.1. The molecule has 0 unspecified atom stereocenters. The van der Waals surface area contributed by atoms with Crippen molar-refractivity contribution in [2.75, 3.05) is 13.7 Å². The molecular weight excluding hydrogens is 238 g/mol. The summed E-state index contributed by atoms with van der Waals surface area (Å²) >= 11 is 0. The van der Waals surface area contributed by atoms with Crippen LogP contribution in [0.3, 0.4) is 0 Å². The highest BCUT2D eigenvalue weighted by Crippen LogP contribution is 2.19. The van der Waals surface area contributed by atoms with Gasteiger partial charge in [-0.05, 0) is 36.0 Å². The molecule has 1 aromatic rings. The lowest BCUT2D eigenvalue weighted by molar-refractivity contribution is 0.0937. The molecule has 0 aliphatic rings. The number of methoxy groups -OCH3 is 1. The predicted octanol–water partition coefficient (Wildman–Crippen LogP) is 3.35. The minimum absolute atomic E-state index is 0.0369. The Balaban J connectivity index is 2.64. The fourth-order valence-corrected chi connectivity index (χ4v) is 2.32. The molecule has 1 amide bonds. The number of hydrogen-bond acceptors (Lipinski definition) is 2. The van der Waals surface area contributed by atoms with E-state index in [-0.39, 0.29) is 5.91 Å². The summed E-state index contributed by atoms with van der Waals surface area (Å²) in [5.74, 6) is 2.29. The summed E-state index contributed by atoms with van der Waals surface area (Å²) in [5, 5.41) is 3.02. The monoisotopic (exact) mass is 263 g/mol. The molecule has 0 aliphatic carbocycles. The van der Waals surface area contributed by atoms with Crippen molar-refractivity contribution in [1.82, 2.24) is 5.32 Å². The molecule has 1 N–H and O–H groups in total. The molecule has 3 heteroatoms. The molecule has 1 rings (SSSR count). The molecule has 0 saturated heterocycles. The zero-order valence-electron chi connectivity index (χ0n) is 12.6. The first-order valence-electron chi connectivity index (χ1n) is 6.88. The van der Waals surface area contributed by atoms with Gasteiger partial charge in [0.25, 0.3) is 5.91 Å². The first-order valence-corrected chi connectivity index (χ1v) is 6.88. The minimum Gasteiger partial charge on any atom is -0.497 e. The average Bonchev–Trinajstić information content (AvgIpc) is 2.38. The van der Waals surface area contributed by atoms with Crippen molar-refractivity contribution < 1.29 is 9.53 Å². The van der Waals surface area contributed by atoms with Crippen molar-refractivity contribution in [2.24, 2.45) is 17.8 Å². The number of amides is 1. The average molecular weight is 263 g/mol. The zero-order chi connectivity index (χ0) is 14.4. The van der Waals surface area contributed by atoms with E-state index in [4.69, 9.17) is 4.74 Å². The van der Waals surface area contributed by atoms with Crippen LogP contribution in [0.15, 0.2) is 24.3 Å². The standard InChI is InChI=1S/C16H25NO2/c1-11(2)15(12(3)4)10-17-16(18)13-7-6-8-14(9-13)19-5/h6-9,11-12,15H,10H2,1-5H3,(H,17,18). The fraction of sp³-hybridized carbons (Fsp3) is 0.562. The minimum atomic E-state index is -0.0369. The SMILES string of the molecule is COc1cccc(C(=O)NCC(C(C)C)C(C)C)c1. The van der Waals surface area contributed by atoms with Crippen molar-refractivity contribution >= 4 is 5.91 Å². The number of hydrogen-bond donors (Lipinski definition) is 1. The van der Waals surface area contributed by atoms with Gasteiger partial charge in [-0.1, -0.05) is 33.8 Å². The van der Waals surface area contributed by atoms with E-state index < -0.39 is 0 Å². The normalized spacial score (nSPS) is 11.2. The van der Waals surface area contributed by atoms with Crippen LogP contribution in [0.5, 0.6) is 5.75 Å². The number of carbonyl (C=O) groups excluding carboxylic acids is 1. The molecule has 0 fully saturated rings. The maximum atomic E-state index is 12.1. The number of ether oxygens (including phenoxy) is 1. The van der Waals surface area contributed by atoms with Crippen molar-refractivity contribution in [3.63, 3.8) is 0 Å². The highest BCUT2D eigenvalue weighted by Gasteiger charge is 2.18. The maximum absolute atomic E-state index is 12.1. The maximum Gasteiger partial charge on any atom is 0.251 e. The Morgan fingerprint density at radius 2 is 1.84 bits per heavy atom. The van der Waals surface area contributed by atoms with Gasteiger partial charge in [0.2, 0.25) is 0 Å². The molecule has 0 spiro atoms. The number of benzene rings is 1. The molecule has 3 nitrogen and oxygen atoms in total. The summed E-state index contributed by atoms with van der Waals surface area (Å²) in [5.41, 5.74) is 0.644. The van der Waals surface area contributed by atoms with Gasteiger partial charge in [-0.2, -0.15) is 0 Å². The topological polar surface area (TPSA) is 38.3 Å². The summed E-state index contributed by atoms with van der Waals surface area (Å²) in [7, 11) is 1.60. The van der Waals surface area contributed by atoms with Crippen LogP contribution < -0.4 is 10.1 Å². The Hall–Kier alpha value is -1.51. The molecule has 0 atom stereocenters. The largest absolute Gasteiger partial charge is 0.497 e. The summed E-state index contributed by atoms with van der Waals surface area (Å²) in [6.07, 6.45) is 0. The Morgan fingerprint density at radius 3 is 2.37 bits per heavy atom. The molecule has 19 heavy (non-hydrogen) atoms. The van der Waals surface area contributed by atoms with Gasteiger partial charge < -0.3 is 10.1 Å². The molecule has 106 valence electrons. The lowest BCUT2D eigenvalue weighted by atomic mass is 9.85. The van der Waals surface area contributed by atoms with Gasteiger partial charge in [-0.25, -0.2) is 0 Å². The second kappa shape index (κ2) is 7.17. The number of nitrogens with one attached hydrogen (secondary N) is 1. The lowest BCUT2D eigenvalue weighted by Crippen LogP contribution is -2.33. The fourth-order valence-electron chi connectivity index (χ4n) is 2.32. The van der Waals surface area contributed by atoms with Crippen LogP contribution in [0.2, 0.25) is 0 Å². The summed E-state index contributed by atoms with van der Waals surface area (Å²) in [6, 6.07) is 7.23. The second-order valence-corrected chi connectivity index (χ2v) is 5.59. The van der Waals surface area contributed by atoms with E-state index in [1.165, 1.54) is 0 Å². The Morgan fingerprint density at radius 1 is 1.21 bits per heavy atom. The van der Waals surface area contributed by atoms with Gasteiger partial charge in [0.1, 0.15) is 5.75 Å². The van der Waals surface area contributed by atoms with Gasteiger partial charge >= 0.3 is 0 Å². The Labute approximate surface area is 116 Å².